The number of ether oxygens (including phenoxy) is 1. The molecule has 3 heterocycles. The molecular formula is C15H25N5O4S. The Hall–Kier alpha value is -1.36. The zero-order chi connectivity index (χ0) is 17.8. The van der Waals surface area contributed by atoms with E-state index in [2.05, 4.69) is 26.4 Å². The summed E-state index contributed by atoms with van der Waals surface area (Å²) < 4.78 is 4.74. The number of alkyl carbamates (subject to hydrolysis) is 1. The molecule has 0 spiro atoms. The monoisotopic (exact) mass is 371 g/mol. The summed E-state index contributed by atoms with van der Waals surface area (Å²) in [5, 5.41) is 10.3. The number of thioether (sulfide) groups is 1. The number of rotatable bonds is 4. The van der Waals surface area contributed by atoms with Crippen LogP contribution in [0.2, 0.25) is 0 Å². The number of hydrazine groups is 1. The number of nitrogens with one attached hydrogen (secondary N) is 4. The third kappa shape index (κ3) is 4.43. The van der Waals surface area contributed by atoms with Crippen molar-refractivity contribution in [3.63, 3.8) is 0 Å². The molecule has 4 atom stereocenters. The lowest BCUT2D eigenvalue weighted by Crippen LogP contribution is -2.53. The van der Waals surface area contributed by atoms with Gasteiger partial charge >= 0.3 is 6.09 Å². The first-order valence-corrected chi connectivity index (χ1v) is 9.79. The summed E-state index contributed by atoms with van der Waals surface area (Å²) in [5.74, 6) is -0.169. The van der Waals surface area contributed by atoms with Gasteiger partial charge in [-0.3, -0.25) is 14.9 Å². The number of hydrogen-bond acceptors (Lipinski definition) is 8. The standard InChI is InChI=1S/C15H25N5O4S/c1-2-24-15(23)18-12(21)9-4-7-25-14(9)17-13(22)10-8-11-16-5-3-6-20(11)19-10/h9-11,14,16,19H,2-8H2,1H3,(H,17,22)(H,18,21,23). The van der Waals surface area contributed by atoms with Gasteiger partial charge in [0.2, 0.25) is 11.8 Å². The number of carbonyl (C=O) groups excluding carboxylic acids is 3. The minimum atomic E-state index is -0.741. The molecule has 3 aliphatic rings. The second-order valence-electron chi connectivity index (χ2n) is 6.34. The maximum atomic E-state index is 12.6. The van der Waals surface area contributed by atoms with Crippen LogP contribution in [0.5, 0.6) is 0 Å². The predicted octanol–water partition coefficient (Wildman–Crippen LogP) is -0.647. The molecule has 140 valence electrons. The van der Waals surface area contributed by atoms with Crippen LogP contribution in [0.3, 0.4) is 0 Å². The maximum Gasteiger partial charge on any atom is 0.413 e. The highest BCUT2D eigenvalue weighted by Gasteiger charge is 2.40. The normalized spacial score (nSPS) is 32.0. The first kappa shape index (κ1) is 18.4. The van der Waals surface area contributed by atoms with Crippen molar-refractivity contribution in [1.82, 2.24) is 26.4 Å². The number of nitrogens with zero attached hydrogens (tertiary/aromatic N) is 1. The number of hydrogen-bond donors (Lipinski definition) is 4. The van der Waals surface area contributed by atoms with Gasteiger partial charge in [0, 0.05) is 13.0 Å². The summed E-state index contributed by atoms with van der Waals surface area (Å²) in [6.45, 7) is 3.77. The molecule has 3 rings (SSSR count). The van der Waals surface area contributed by atoms with Crippen molar-refractivity contribution >= 4 is 29.7 Å². The fraction of sp³-hybridized carbons (Fsp3) is 0.800. The molecule has 25 heavy (non-hydrogen) atoms. The Morgan fingerprint density at radius 3 is 2.92 bits per heavy atom. The van der Waals surface area contributed by atoms with Gasteiger partial charge in [-0.25, -0.2) is 15.2 Å². The molecule has 0 bridgehead atoms. The van der Waals surface area contributed by atoms with E-state index in [0.717, 1.165) is 25.3 Å². The summed E-state index contributed by atoms with van der Waals surface area (Å²) in [7, 11) is 0. The lowest BCUT2D eigenvalue weighted by Gasteiger charge is -2.29. The van der Waals surface area contributed by atoms with Crippen LogP contribution in [0, 0.1) is 5.92 Å². The molecule has 3 amide bonds. The molecule has 0 aromatic rings. The van der Waals surface area contributed by atoms with Gasteiger partial charge in [0.25, 0.3) is 0 Å². The van der Waals surface area contributed by atoms with Gasteiger partial charge in [0.1, 0.15) is 6.04 Å². The molecule has 0 aromatic carbocycles. The Bertz CT molecular complexity index is 520. The van der Waals surface area contributed by atoms with Crippen LogP contribution in [-0.2, 0) is 14.3 Å². The highest BCUT2D eigenvalue weighted by molar-refractivity contribution is 8.00. The maximum absolute atomic E-state index is 12.6. The average molecular weight is 371 g/mol. The molecule has 9 nitrogen and oxygen atoms in total. The molecule has 0 aliphatic carbocycles. The summed E-state index contributed by atoms with van der Waals surface area (Å²) >= 11 is 1.53. The van der Waals surface area contributed by atoms with Crippen molar-refractivity contribution in [2.75, 3.05) is 25.4 Å². The van der Waals surface area contributed by atoms with Crippen molar-refractivity contribution in [2.45, 2.75) is 43.8 Å². The predicted molar refractivity (Wildman–Crippen MR) is 92.3 cm³/mol. The zero-order valence-corrected chi connectivity index (χ0v) is 15.1. The minimum Gasteiger partial charge on any atom is -0.450 e. The van der Waals surface area contributed by atoms with Crippen LogP contribution >= 0.6 is 11.8 Å². The van der Waals surface area contributed by atoms with Crippen molar-refractivity contribution in [1.29, 1.82) is 0 Å². The molecule has 0 radical (unpaired) electrons. The fourth-order valence-electron chi connectivity index (χ4n) is 3.39. The lowest BCUT2D eigenvalue weighted by atomic mass is 10.1. The van der Waals surface area contributed by atoms with Crippen LogP contribution in [0.4, 0.5) is 4.79 Å². The van der Waals surface area contributed by atoms with Crippen molar-refractivity contribution in [3.05, 3.63) is 0 Å². The van der Waals surface area contributed by atoms with Crippen LogP contribution in [0.15, 0.2) is 0 Å². The van der Waals surface area contributed by atoms with E-state index in [1.54, 1.807) is 6.92 Å². The van der Waals surface area contributed by atoms with Crippen molar-refractivity contribution in [3.8, 4) is 0 Å². The Balaban J connectivity index is 1.51. The zero-order valence-electron chi connectivity index (χ0n) is 14.2. The van der Waals surface area contributed by atoms with Crippen LogP contribution in [0.25, 0.3) is 0 Å². The molecule has 10 heteroatoms. The summed E-state index contributed by atoms with van der Waals surface area (Å²) in [5.41, 5.74) is 3.23. The average Bonchev–Trinajstić information content (AvgIpc) is 3.21. The van der Waals surface area contributed by atoms with Gasteiger partial charge < -0.3 is 15.4 Å². The number of carbonyl (C=O) groups is 3. The molecule has 0 aromatic heterocycles. The highest BCUT2D eigenvalue weighted by Crippen LogP contribution is 2.31. The van der Waals surface area contributed by atoms with Crippen LogP contribution < -0.4 is 21.4 Å². The third-order valence-electron chi connectivity index (χ3n) is 4.64. The van der Waals surface area contributed by atoms with Crippen molar-refractivity contribution in [2.24, 2.45) is 5.92 Å². The quantitative estimate of drug-likeness (QED) is 0.516. The highest BCUT2D eigenvalue weighted by atomic mass is 32.2. The molecule has 4 unspecified atom stereocenters. The van der Waals surface area contributed by atoms with Crippen LogP contribution in [-0.4, -0.2) is 65.9 Å². The van der Waals surface area contributed by atoms with Gasteiger partial charge in [-0.05, 0) is 32.1 Å². The second kappa shape index (κ2) is 8.35. The fourth-order valence-corrected chi connectivity index (χ4v) is 4.73. The SMILES string of the molecule is CCOC(=O)NC(=O)C1CCSC1NC(=O)C1CC2NCCCN2N1. The molecule has 3 saturated heterocycles. The van der Waals surface area contributed by atoms with Crippen LogP contribution in [0.1, 0.15) is 26.2 Å². The molecule has 3 fully saturated rings. The van der Waals surface area contributed by atoms with E-state index in [-0.39, 0.29) is 30.1 Å². The van der Waals surface area contributed by atoms with Gasteiger partial charge in [-0.2, -0.15) is 0 Å². The topological polar surface area (TPSA) is 112 Å². The molecule has 3 aliphatic heterocycles. The number of fused-ring (bicyclic) bond motifs is 1. The van der Waals surface area contributed by atoms with Gasteiger partial charge in [-0.1, -0.05) is 0 Å². The van der Waals surface area contributed by atoms with E-state index < -0.39 is 17.9 Å². The first-order chi connectivity index (χ1) is 12.1. The number of amides is 3. The minimum absolute atomic E-state index is 0.107. The van der Waals surface area contributed by atoms with E-state index in [4.69, 9.17) is 4.74 Å². The third-order valence-corrected chi connectivity index (χ3v) is 5.92. The van der Waals surface area contributed by atoms with E-state index >= 15 is 0 Å². The lowest BCUT2D eigenvalue weighted by molar-refractivity contribution is -0.126. The Morgan fingerprint density at radius 2 is 2.16 bits per heavy atom. The van der Waals surface area contributed by atoms with E-state index in [1.807, 2.05) is 0 Å². The Morgan fingerprint density at radius 1 is 1.32 bits per heavy atom. The largest absolute Gasteiger partial charge is 0.450 e. The Kier molecular flexibility index (Phi) is 6.15. The first-order valence-electron chi connectivity index (χ1n) is 8.74. The van der Waals surface area contributed by atoms with Crippen molar-refractivity contribution < 1.29 is 19.1 Å². The Labute approximate surface area is 150 Å². The summed E-state index contributed by atoms with van der Waals surface area (Å²) in [4.78, 5) is 36.2. The molecule has 4 N–H and O–H groups in total. The smallest absolute Gasteiger partial charge is 0.413 e. The van der Waals surface area contributed by atoms with Gasteiger partial charge in [0.15, 0.2) is 0 Å². The van der Waals surface area contributed by atoms with E-state index in [9.17, 15) is 14.4 Å². The molecule has 0 saturated carbocycles. The number of imide groups is 1. The van der Waals surface area contributed by atoms with Gasteiger partial charge in [-0.15, -0.1) is 11.8 Å². The van der Waals surface area contributed by atoms with E-state index in [1.165, 1.54) is 11.8 Å². The second-order valence-corrected chi connectivity index (χ2v) is 7.59. The summed E-state index contributed by atoms with van der Waals surface area (Å²) in [6, 6.07) is -0.300. The molecular weight excluding hydrogens is 346 g/mol. The van der Waals surface area contributed by atoms with E-state index in [0.29, 0.717) is 12.8 Å². The summed E-state index contributed by atoms with van der Waals surface area (Å²) in [6.07, 6.45) is 1.81. The van der Waals surface area contributed by atoms with Gasteiger partial charge in [0.05, 0.1) is 24.1 Å².